The molecular weight excluding hydrogens is 260 g/mol. The molecule has 4 heteroatoms. The molecule has 0 atom stereocenters. The molecule has 0 bridgehead atoms. The molecule has 0 spiro atoms. The van der Waals surface area contributed by atoms with Gasteiger partial charge in [0.2, 0.25) is 0 Å². The van der Waals surface area contributed by atoms with Crippen LogP contribution in [0.25, 0.3) is 0 Å². The Hall–Kier alpha value is -1.94. The molecule has 2 aromatic carbocycles. The Morgan fingerprint density at radius 3 is 2.65 bits per heavy atom. The summed E-state index contributed by atoms with van der Waals surface area (Å²) in [5, 5.41) is 12.7. The first-order chi connectivity index (χ1) is 9.58. The highest BCUT2D eigenvalue weighted by Gasteiger charge is 2.06. The van der Waals surface area contributed by atoms with Gasteiger partial charge in [0.05, 0.1) is 0 Å². The molecule has 0 saturated heterocycles. The van der Waals surface area contributed by atoms with Crippen molar-refractivity contribution in [1.82, 2.24) is 5.32 Å². The fraction of sp³-hybridized carbons (Fsp3) is 0.250. The highest BCUT2D eigenvalue weighted by molar-refractivity contribution is 5.33. The van der Waals surface area contributed by atoms with Gasteiger partial charge in [0.15, 0.2) is 11.6 Å². The van der Waals surface area contributed by atoms with Crippen LogP contribution in [0.15, 0.2) is 36.4 Å². The van der Waals surface area contributed by atoms with Gasteiger partial charge in [-0.2, -0.15) is 0 Å². The standard InChI is InChI=1S/C16H17F2NO/c1-11-9-14(17)6-5-12(11)7-8-19-10-13-3-2-4-15(18)16(13)20/h2-6,9,19-20H,7-8,10H2,1H3. The third-order valence-electron chi connectivity index (χ3n) is 3.26. The van der Waals surface area contributed by atoms with Crippen LogP contribution in [0.1, 0.15) is 16.7 Å². The largest absolute Gasteiger partial charge is 0.505 e. The molecule has 2 nitrogen and oxygen atoms in total. The lowest BCUT2D eigenvalue weighted by molar-refractivity contribution is 0.423. The van der Waals surface area contributed by atoms with E-state index in [0.717, 1.165) is 17.5 Å². The second-order valence-corrected chi connectivity index (χ2v) is 4.75. The number of benzene rings is 2. The van der Waals surface area contributed by atoms with E-state index in [0.29, 0.717) is 18.7 Å². The number of phenols is 1. The number of halogens is 2. The Morgan fingerprint density at radius 1 is 1.10 bits per heavy atom. The quantitative estimate of drug-likeness (QED) is 0.822. The van der Waals surface area contributed by atoms with Gasteiger partial charge in [-0.05, 0) is 49.2 Å². The molecule has 0 heterocycles. The zero-order chi connectivity index (χ0) is 14.5. The van der Waals surface area contributed by atoms with Crippen molar-refractivity contribution in [3.05, 3.63) is 64.7 Å². The molecule has 0 amide bonds. The molecule has 0 saturated carbocycles. The maximum absolute atomic E-state index is 13.1. The zero-order valence-electron chi connectivity index (χ0n) is 11.3. The van der Waals surface area contributed by atoms with Crippen LogP contribution in [0.4, 0.5) is 8.78 Å². The lowest BCUT2D eigenvalue weighted by Gasteiger charge is -2.09. The van der Waals surface area contributed by atoms with Crippen LogP contribution in [0, 0.1) is 18.6 Å². The summed E-state index contributed by atoms with van der Waals surface area (Å²) in [5.41, 5.74) is 2.52. The molecule has 2 rings (SSSR count). The number of nitrogens with one attached hydrogen (secondary N) is 1. The van der Waals surface area contributed by atoms with Crippen molar-refractivity contribution in [3.63, 3.8) is 0 Å². The van der Waals surface area contributed by atoms with Crippen LogP contribution in [0.5, 0.6) is 5.75 Å². The first kappa shape index (κ1) is 14.5. The summed E-state index contributed by atoms with van der Waals surface area (Å²) >= 11 is 0. The summed E-state index contributed by atoms with van der Waals surface area (Å²) in [5.74, 6) is -1.15. The molecule has 0 fully saturated rings. The fourth-order valence-electron chi connectivity index (χ4n) is 2.09. The van der Waals surface area contributed by atoms with Crippen LogP contribution in [0.2, 0.25) is 0 Å². The molecule has 106 valence electrons. The van der Waals surface area contributed by atoms with E-state index in [1.807, 2.05) is 6.92 Å². The Bertz CT molecular complexity index is 599. The van der Waals surface area contributed by atoms with Gasteiger partial charge in [-0.1, -0.05) is 18.2 Å². The van der Waals surface area contributed by atoms with Crippen LogP contribution in [0.3, 0.4) is 0 Å². The van der Waals surface area contributed by atoms with Crippen LogP contribution >= 0.6 is 0 Å². The monoisotopic (exact) mass is 277 g/mol. The summed E-state index contributed by atoms with van der Waals surface area (Å²) in [6, 6.07) is 9.19. The normalized spacial score (nSPS) is 10.8. The number of rotatable bonds is 5. The number of hydrogen-bond acceptors (Lipinski definition) is 2. The van der Waals surface area contributed by atoms with Gasteiger partial charge in [0.1, 0.15) is 5.82 Å². The topological polar surface area (TPSA) is 32.3 Å². The number of aryl methyl sites for hydroxylation is 1. The van der Waals surface area contributed by atoms with Crippen molar-refractivity contribution < 1.29 is 13.9 Å². The minimum atomic E-state index is -0.612. The van der Waals surface area contributed by atoms with Gasteiger partial charge in [-0.15, -0.1) is 0 Å². The number of para-hydroxylation sites is 1. The van der Waals surface area contributed by atoms with Gasteiger partial charge in [-0.25, -0.2) is 8.78 Å². The Balaban J connectivity index is 1.86. The van der Waals surface area contributed by atoms with E-state index in [2.05, 4.69) is 5.32 Å². The number of hydrogen-bond donors (Lipinski definition) is 2. The summed E-state index contributed by atoms with van der Waals surface area (Å²) in [7, 11) is 0. The number of phenolic OH excluding ortho intramolecular Hbond substituents is 1. The van der Waals surface area contributed by atoms with E-state index in [1.165, 1.54) is 18.2 Å². The van der Waals surface area contributed by atoms with Crippen molar-refractivity contribution >= 4 is 0 Å². The molecule has 20 heavy (non-hydrogen) atoms. The predicted molar refractivity (Wildman–Crippen MR) is 74.6 cm³/mol. The molecule has 0 aliphatic heterocycles. The molecule has 0 aliphatic carbocycles. The van der Waals surface area contributed by atoms with Crippen molar-refractivity contribution in [1.29, 1.82) is 0 Å². The van der Waals surface area contributed by atoms with E-state index in [4.69, 9.17) is 0 Å². The van der Waals surface area contributed by atoms with E-state index in [9.17, 15) is 13.9 Å². The average molecular weight is 277 g/mol. The van der Waals surface area contributed by atoms with E-state index in [-0.39, 0.29) is 11.6 Å². The first-order valence-electron chi connectivity index (χ1n) is 6.50. The Kier molecular flexibility index (Phi) is 4.69. The summed E-state index contributed by atoms with van der Waals surface area (Å²) < 4.78 is 26.1. The first-order valence-corrected chi connectivity index (χ1v) is 6.50. The lowest BCUT2D eigenvalue weighted by Crippen LogP contribution is -2.17. The molecule has 0 unspecified atom stereocenters. The molecule has 2 aromatic rings. The number of aromatic hydroxyl groups is 1. The van der Waals surface area contributed by atoms with E-state index in [1.54, 1.807) is 18.2 Å². The van der Waals surface area contributed by atoms with Crippen molar-refractivity contribution in [2.24, 2.45) is 0 Å². The molecule has 0 aliphatic rings. The Morgan fingerprint density at radius 2 is 1.90 bits per heavy atom. The smallest absolute Gasteiger partial charge is 0.165 e. The molecule has 0 radical (unpaired) electrons. The van der Waals surface area contributed by atoms with Gasteiger partial charge in [0.25, 0.3) is 0 Å². The summed E-state index contributed by atoms with van der Waals surface area (Å²) in [6.45, 7) is 2.93. The van der Waals surface area contributed by atoms with Crippen molar-refractivity contribution in [3.8, 4) is 5.75 Å². The minimum absolute atomic E-state index is 0.233. The SMILES string of the molecule is Cc1cc(F)ccc1CCNCc1cccc(F)c1O. The highest BCUT2D eigenvalue weighted by atomic mass is 19.1. The maximum Gasteiger partial charge on any atom is 0.165 e. The van der Waals surface area contributed by atoms with E-state index < -0.39 is 5.82 Å². The van der Waals surface area contributed by atoms with Gasteiger partial charge in [0, 0.05) is 12.1 Å². The van der Waals surface area contributed by atoms with Crippen molar-refractivity contribution in [2.75, 3.05) is 6.54 Å². The van der Waals surface area contributed by atoms with Crippen molar-refractivity contribution in [2.45, 2.75) is 19.9 Å². The Labute approximate surface area is 117 Å². The summed E-state index contributed by atoms with van der Waals surface area (Å²) in [6.07, 6.45) is 0.752. The third kappa shape index (κ3) is 3.54. The van der Waals surface area contributed by atoms with Gasteiger partial charge in [-0.3, -0.25) is 0 Å². The predicted octanol–water partition coefficient (Wildman–Crippen LogP) is 3.31. The molecular formula is C16H17F2NO. The maximum atomic E-state index is 13.1. The zero-order valence-corrected chi connectivity index (χ0v) is 11.3. The average Bonchev–Trinajstić information content (AvgIpc) is 2.41. The minimum Gasteiger partial charge on any atom is -0.505 e. The lowest BCUT2D eigenvalue weighted by atomic mass is 10.1. The van der Waals surface area contributed by atoms with Crippen LogP contribution in [-0.2, 0) is 13.0 Å². The van der Waals surface area contributed by atoms with Crippen LogP contribution in [-0.4, -0.2) is 11.7 Å². The third-order valence-corrected chi connectivity index (χ3v) is 3.26. The molecule has 0 aromatic heterocycles. The van der Waals surface area contributed by atoms with E-state index >= 15 is 0 Å². The summed E-state index contributed by atoms with van der Waals surface area (Å²) in [4.78, 5) is 0. The second-order valence-electron chi connectivity index (χ2n) is 4.75. The van der Waals surface area contributed by atoms with Gasteiger partial charge >= 0.3 is 0 Å². The fourth-order valence-corrected chi connectivity index (χ4v) is 2.09. The van der Waals surface area contributed by atoms with Gasteiger partial charge < -0.3 is 10.4 Å². The molecule has 2 N–H and O–H groups in total. The highest BCUT2D eigenvalue weighted by Crippen LogP contribution is 2.20. The second kappa shape index (κ2) is 6.48. The van der Waals surface area contributed by atoms with Crippen LogP contribution < -0.4 is 5.32 Å².